The van der Waals surface area contributed by atoms with Crippen LogP contribution in [0.2, 0.25) is 0 Å². The standard InChI is InChI=1S/C18H12F2N4O2S/c19-15(20)17-23-24-18(27-17)22-16(25)11-6-3-7-14(8-11)26-10-13-5-2-1-4-12(13)9-21/h1-8,15H,10H2,(H,22,24,25). The van der Waals surface area contributed by atoms with E-state index in [0.29, 0.717) is 22.6 Å². The number of alkyl halides is 2. The van der Waals surface area contributed by atoms with E-state index < -0.39 is 17.3 Å². The first-order chi connectivity index (χ1) is 13.1. The summed E-state index contributed by atoms with van der Waals surface area (Å²) in [5.41, 5.74) is 1.51. The van der Waals surface area contributed by atoms with Crippen molar-refractivity contribution in [2.45, 2.75) is 13.0 Å². The Morgan fingerprint density at radius 3 is 2.78 bits per heavy atom. The van der Waals surface area contributed by atoms with Gasteiger partial charge in [0.05, 0.1) is 11.6 Å². The molecular weight excluding hydrogens is 374 g/mol. The van der Waals surface area contributed by atoms with Crippen molar-refractivity contribution in [1.29, 1.82) is 5.26 Å². The second kappa shape index (κ2) is 8.33. The summed E-state index contributed by atoms with van der Waals surface area (Å²) in [5.74, 6) is -0.0873. The molecule has 2 aromatic carbocycles. The van der Waals surface area contributed by atoms with E-state index in [1.54, 1.807) is 42.5 Å². The van der Waals surface area contributed by atoms with Crippen LogP contribution in [0.3, 0.4) is 0 Å². The highest BCUT2D eigenvalue weighted by Crippen LogP contribution is 2.25. The largest absolute Gasteiger partial charge is 0.489 e. The summed E-state index contributed by atoms with van der Waals surface area (Å²) in [7, 11) is 0. The average molecular weight is 386 g/mol. The number of nitriles is 1. The molecule has 9 heteroatoms. The van der Waals surface area contributed by atoms with Crippen LogP contribution in [0.4, 0.5) is 13.9 Å². The van der Waals surface area contributed by atoms with Crippen LogP contribution >= 0.6 is 11.3 Å². The third-order valence-corrected chi connectivity index (χ3v) is 4.32. The SMILES string of the molecule is N#Cc1ccccc1COc1cccc(C(=O)Nc2nnc(C(F)F)s2)c1. The van der Waals surface area contributed by atoms with Gasteiger partial charge in [0.2, 0.25) is 5.13 Å². The number of nitrogens with zero attached hydrogens (tertiary/aromatic N) is 3. The zero-order valence-electron chi connectivity index (χ0n) is 13.7. The van der Waals surface area contributed by atoms with Gasteiger partial charge in [0.25, 0.3) is 12.3 Å². The molecule has 0 radical (unpaired) electrons. The maximum atomic E-state index is 12.5. The number of anilines is 1. The minimum absolute atomic E-state index is 0.00966. The van der Waals surface area contributed by atoms with Crippen LogP contribution in [0.25, 0.3) is 0 Å². The normalized spacial score (nSPS) is 10.4. The third kappa shape index (κ3) is 4.62. The molecule has 0 unspecified atom stereocenters. The number of ether oxygens (including phenoxy) is 1. The minimum Gasteiger partial charge on any atom is -0.489 e. The lowest BCUT2D eigenvalue weighted by molar-refractivity contribution is 0.102. The zero-order valence-corrected chi connectivity index (χ0v) is 14.5. The molecule has 1 N–H and O–H groups in total. The first-order valence-corrected chi connectivity index (χ1v) is 8.52. The summed E-state index contributed by atoms with van der Waals surface area (Å²) in [6, 6.07) is 15.5. The number of hydrogen-bond donors (Lipinski definition) is 1. The monoisotopic (exact) mass is 386 g/mol. The van der Waals surface area contributed by atoms with Crippen LogP contribution in [0.5, 0.6) is 5.75 Å². The number of benzene rings is 2. The highest BCUT2D eigenvalue weighted by atomic mass is 32.1. The molecule has 136 valence electrons. The number of halogens is 2. The fraction of sp³-hybridized carbons (Fsp3) is 0.111. The van der Waals surface area contributed by atoms with Crippen LogP contribution in [0.15, 0.2) is 48.5 Å². The van der Waals surface area contributed by atoms with E-state index in [1.807, 2.05) is 0 Å². The fourth-order valence-electron chi connectivity index (χ4n) is 2.19. The van der Waals surface area contributed by atoms with Crippen LogP contribution < -0.4 is 10.1 Å². The summed E-state index contributed by atoms with van der Waals surface area (Å²) in [4.78, 5) is 12.3. The predicted molar refractivity (Wildman–Crippen MR) is 94.8 cm³/mol. The van der Waals surface area contributed by atoms with E-state index in [9.17, 15) is 13.6 Å². The number of carbonyl (C=O) groups excluding carboxylic acids is 1. The molecule has 0 aliphatic heterocycles. The Bertz CT molecular complexity index is 1000. The Hall–Kier alpha value is -3.38. The van der Waals surface area contributed by atoms with Gasteiger partial charge < -0.3 is 4.74 Å². The molecule has 0 aliphatic rings. The predicted octanol–water partition coefficient (Wildman–Crippen LogP) is 4.18. The molecule has 0 saturated heterocycles. The lowest BCUT2D eigenvalue weighted by atomic mass is 10.1. The van der Waals surface area contributed by atoms with Gasteiger partial charge in [-0.1, -0.05) is 35.6 Å². The van der Waals surface area contributed by atoms with E-state index in [0.717, 1.165) is 5.56 Å². The number of rotatable bonds is 6. The van der Waals surface area contributed by atoms with Crippen molar-refractivity contribution in [3.63, 3.8) is 0 Å². The molecule has 27 heavy (non-hydrogen) atoms. The smallest absolute Gasteiger partial charge is 0.291 e. The van der Waals surface area contributed by atoms with Crippen LogP contribution in [-0.4, -0.2) is 16.1 Å². The van der Waals surface area contributed by atoms with Gasteiger partial charge in [-0.3, -0.25) is 10.1 Å². The van der Waals surface area contributed by atoms with Gasteiger partial charge in [0.1, 0.15) is 12.4 Å². The Morgan fingerprint density at radius 1 is 1.22 bits per heavy atom. The average Bonchev–Trinajstić information content (AvgIpc) is 3.15. The lowest BCUT2D eigenvalue weighted by Gasteiger charge is -2.09. The molecule has 1 aromatic heterocycles. The molecule has 3 aromatic rings. The van der Waals surface area contributed by atoms with Gasteiger partial charge in [-0.05, 0) is 24.3 Å². The number of hydrogen-bond acceptors (Lipinski definition) is 6. The quantitative estimate of drug-likeness (QED) is 0.687. The van der Waals surface area contributed by atoms with Gasteiger partial charge in [-0.25, -0.2) is 8.78 Å². The molecule has 6 nitrogen and oxygen atoms in total. The lowest BCUT2D eigenvalue weighted by Crippen LogP contribution is -2.11. The molecule has 3 rings (SSSR count). The first kappa shape index (κ1) is 18.4. The van der Waals surface area contributed by atoms with Crippen molar-refractivity contribution in [1.82, 2.24) is 10.2 Å². The zero-order chi connectivity index (χ0) is 19.2. The van der Waals surface area contributed by atoms with Gasteiger partial charge in [-0.2, -0.15) is 5.26 Å². The second-order valence-electron chi connectivity index (χ2n) is 5.29. The highest BCUT2D eigenvalue weighted by Gasteiger charge is 2.16. The van der Waals surface area contributed by atoms with Crippen molar-refractivity contribution >= 4 is 22.4 Å². The molecule has 0 fully saturated rings. The topological polar surface area (TPSA) is 87.9 Å². The minimum atomic E-state index is -2.74. The number of nitrogens with one attached hydrogen (secondary N) is 1. The van der Waals surface area contributed by atoms with Crippen molar-refractivity contribution in [3.05, 3.63) is 70.2 Å². The summed E-state index contributed by atoms with van der Waals surface area (Å²) in [6.45, 7) is 0.170. The number of carbonyl (C=O) groups is 1. The van der Waals surface area contributed by atoms with Crippen molar-refractivity contribution in [3.8, 4) is 11.8 Å². The molecule has 0 atom stereocenters. The maximum absolute atomic E-state index is 12.5. The summed E-state index contributed by atoms with van der Waals surface area (Å²) in [5, 5.41) is 17.9. The van der Waals surface area contributed by atoms with Gasteiger partial charge >= 0.3 is 0 Å². The molecule has 0 bridgehead atoms. The van der Waals surface area contributed by atoms with Crippen molar-refractivity contribution in [2.24, 2.45) is 0 Å². The van der Waals surface area contributed by atoms with E-state index in [2.05, 4.69) is 21.6 Å². The van der Waals surface area contributed by atoms with Crippen molar-refractivity contribution in [2.75, 3.05) is 5.32 Å². The Kier molecular flexibility index (Phi) is 5.68. The van der Waals surface area contributed by atoms with Gasteiger partial charge in [0.15, 0.2) is 5.01 Å². The molecule has 1 heterocycles. The molecule has 0 spiro atoms. The van der Waals surface area contributed by atoms with Crippen LogP contribution in [0, 0.1) is 11.3 Å². The van der Waals surface area contributed by atoms with Crippen LogP contribution in [-0.2, 0) is 6.61 Å². The molecule has 0 saturated carbocycles. The van der Waals surface area contributed by atoms with E-state index in [1.165, 1.54) is 6.07 Å². The summed E-state index contributed by atoms with van der Waals surface area (Å²) < 4.78 is 30.7. The Balaban J connectivity index is 1.67. The summed E-state index contributed by atoms with van der Waals surface area (Å²) in [6.07, 6.45) is -2.74. The Morgan fingerprint density at radius 2 is 2.04 bits per heavy atom. The maximum Gasteiger partial charge on any atom is 0.291 e. The first-order valence-electron chi connectivity index (χ1n) is 7.70. The molecule has 1 amide bonds. The molecular formula is C18H12F2N4O2S. The van der Waals surface area contributed by atoms with Crippen LogP contribution in [0.1, 0.15) is 32.9 Å². The van der Waals surface area contributed by atoms with Gasteiger partial charge in [0, 0.05) is 11.1 Å². The number of aromatic nitrogens is 2. The van der Waals surface area contributed by atoms with E-state index in [-0.39, 0.29) is 17.3 Å². The molecule has 0 aliphatic carbocycles. The Labute approximate surface area is 157 Å². The van der Waals surface area contributed by atoms with E-state index >= 15 is 0 Å². The third-order valence-electron chi connectivity index (χ3n) is 3.48. The van der Waals surface area contributed by atoms with Crippen molar-refractivity contribution < 1.29 is 18.3 Å². The highest BCUT2D eigenvalue weighted by molar-refractivity contribution is 7.15. The van der Waals surface area contributed by atoms with E-state index in [4.69, 9.17) is 10.00 Å². The van der Waals surface area contributed by atoms with Gasteiger partial charge in [-0.15, -0.1) is 10.2 Å². The summed E-state index contributed by atoms with van der Waals surface area (Å²) >= 11 is 0.614. The fourth-order valence-corrected chi connectivity index (χ4v) is 2.78. The second-order valence-corrected chi connectivity index (χ2v) is 6.29. The number of amides is 1.